The molecule has 0 N–H and O–H groups in total. The molecule has 1 aliphatic carbocycles. The Balaban J connectivity index is 1.99. The molecule has 2 aromatic rings. The molecular weight excluding hydrogens is 528 g/mol. The van der Waals surface area contributed by atoms with Crippen LogP contribution in [0, 0.1) is 5.41 Å². The molecule has 2 aliphatic rings. The van der Waals surface area contributed by atoms with Gasteiger partial charge in [-0.3, -0.25) is 24.2 Å². The molecular formula is C23H20Br2N2O4. The van der Waals surface area contributed by atoms with Gasteiger partial charge < -0.3 is 0 Å². The van der Waals surface area contributed by atoms with Gasteiger partial charge in [-0.05, 0) is 35.4 Å². The number of carbonyl (C=O) groups is 4. The summed E-state index contributed by atoms with van der Waals surface area (Å²) in [4.78, 5) is 55.1. The Morgan fingerprint density at radius 3 is 1.42 bits per heavy atom. The summed E-state index contributed by atoms with van der Waals surface area (Å²) < 4.78 is 1.70. The van der Waals surface area contributed by atoms with Crippen molar-refractivity contribution in [3.63, 3.8) is 0 Å². The molecule has 2 atom stereocenters. The topological polar surface area (TPSA) is 74.8 Å². The van der Waals surface area contributed by atoms with Crippen LogP contribution in [0.2, 0.25) is 0 Å². The van der Waals surface area contributed by atoms with Gasteiger partial charge >= 0.3 is 6.03 Å². The third kappa shape index (κ3) is 3.36. The van der Waals surface area contributed by atoms with Crippen LogP contribution in [0.1, 0.15) is 35.8 Å². The Morgan fingerprint density at radius 2 is 1.06 bits per heavy atom. The molecule has 6 nitrogen and oxygen atoms in total. The number of hydrogen-bond donors (Lipinski definition) is 0. The first-order chi connectivity index (χ1) is 14.7. The Kier molecular flexibility index (Phi) is 5.64. The molecule has 1 heterocycles. The number of barbiturate groups is 1. The second kappa shape index (κ2) is 7.98. The fraction of sp³-hybridized carbons (Fsp3) is 0.304. The van der Waals surface area contributed by atoms with Crippen LogP contribution >= 0.6 is 31.9 Å². The largest absolute Gasteiger partial charge is 0.332 e. The minimum atomic E-state index is -1.59. The maximum absolute atomic E-state index is 13.8. The van der Waals surface area contributed by atoms with Crippen LogP contribution in [0.15, 0.2) is 57.5 Å². The number of nitrogens with zero attached hydrogens (tertiary/aromatic N) is 2. The maximum Gasteiger partial charge on any atom is 0.332 e. The molecule has 1 aliphatic heterocycles. The monoisotopic (exact) mass is 546 g/mol. The lowest BCUT2D eigenvalue weighted by atomic mass is 9.54. The number of halogens is 2. The molecule has 1 saturated heterocycles. The van der Waals surface area contributed by atoms with Gasteiger partial charge in [-0.15, -0.1) is 0 Å². The normalized spacial score (nSPS) is 23.6. The number of amides is 4. The van der Waals surface area contributed by atoms with Gasteiger partial charge in [-0.1, -0.05) is 56.1 Å². The van der Waals surface area contributed by atoms with Gasteiger partial charge in [-0.25, -0.2) is 4.79 Å². The number of Topliss-reactive ketones (excluding diaryl/α,β-unsaturated/α-hetero) is 1. The first-order valence-electron chi connectivity index (χ1n) is 9.80. The third-order valence-electron chi connectivity index (χ3n) is 6.40. The summed E-state index contributed by atoms with van der Waals surface area (Å²) in [6, 6.07) is 13.9. The van der Waals surface area contributed by atoms with Gasteiger partial charge in [0.15, 0.2) is 0 Å². The van der Waals surface area contributed by atoms with Crippen LogP contribution in [0.4, 0.5) is 4.79 Å². The molecule has 1 saturated carbocycles. The third-order valence-corrected chi connectivity index (χ3v) is 7.46. The second-order valence-corrected chi connectivity index (χ2v) is 9.87. The molecule has 160 valence electrons. The van der Waals surface area contributed by atoms with Gasteiger partial charge in [-0.2, -0.15) is 0 Å². The number of imide groups is 2. The van der Waals surface area contributed by atoms with E-state index in [2.05, 4.69) is 31.9 Å². The molecule has 4 amide bonds. The van der Waals surface area contributed by atoms with Gasteiger partial charge in [0.25, 0.3) is 0 Å². The Hall–Kier alpha value is -2.32. The van der Waals surface area contributed by atoms with Gasteiger partial charge in [0.1, 0.15) is 11.2 Å². The first-order valence-corrected chi connectivity index (χ1v) is 11.4. The van der Waals surface area contributed by atoms with E-state index in [1.165, 1.54) is 14.1 Å². The van der Waals surface area contributed by atoms with Crippen LogP contribution in [0.3, 0.4) is 0 Å². The van der Waals surface area contributed by atoms with Crippen LogP contribution < -0.4 is 0 Å². The zero-order valence-corrected chi connectivity index (χ0v) is 20.1. The van der Waals surface area contributed by atoms with E-state index < -0.39 is 35.1 Å². The standard InChI is InChI=1S/C23H20Br2N2O4/c1-26-20(29)23(21(30)27(2)22(26)31)18(13-3-7-15(24)8-4-13)11-17(28)12-19(23)14-5-9-16(25)10-6-14/h3-10,18-19H,11-12H2,1-2H3/t18-,19+. The number of carbonyl (C=O) groups excluding carboxylic acids is 4. The fourth-order valence-corrected chi connectivity index (χ4v) is 5.43. The van der Waals surface area contributed by atoms with Crippen molar-refractivity contribution in [3.05, 3.63) is 68.6 Å². The van der Waals surface area contributed by atoms with Crippen molar-refractivity contribution in [1.29, 1.82) is 0 Å². The molecule has 0 bridgehead atoms. The van der Waals surface area contributed by atoms with Crippen LogP contribution in [0.25, 0.3) is 0 Å². The van der Waals surface area contributed by atoms with E-state index in [1.807, 2.05) is 48.5 Å². The molecule has 31 heavy (non-hydrogen) atoms. The average molecular weight is 548 g/mol. The predicted molar refractivity (Wildman–Crippen MR) is 121 cm³/mol. The number of ketones is 1. The zero-order chi connectivity index (χ0) is 22.5. The summed E-state index contributed by atoms with van der Waals surface area (Å²) in [6.07, 6.45) is 0.115. The number of urea groups is 1. The molecule has 4 rings (SSSR count). The fourth-order valence-electron chi connectivity index (χ4n) is 4.90. The summed E-state index contributed by atoms with van der Waals surface area (Å²) in [5.41, 5.74) is -0.153. The Bertz CT molecular complexity index is 998. The van der Waals surface area contributed by atoms with Gasteiger partial charge in [0.05, 0.1) is 0 Å². The zero-order valence-electron chi connectivity index (χ0n) is 17.0. The van der Waals surface area contributed by atoms with E-state index in [1.54, 1.807) is 0 Å². The highest BCUT2D eigenvalue weighted by atomic mass is 79.9. The smallest absolute Gasteiger partial charge is 0.300 e. The van der Waals surface area contributed by atoms with Gasteiger partial charge in [0, 0.05) is 47.7 Å². The molecule has 8 heteroatoms. The molecule has 0 unspecified atom stereocenters. The Morgan fingerprint density at radius 1 is 0.710 bits per heavy atom. The Labute approximate surface area is 196 Å². The van der Waals surface area contributed by atoms with Crippen molar-refractivity contribution >= 4 is 55.5 Å². The van der Waals surface area contributed by atoms with E-state index >= 15 is 0 Å². The second-order valence-electron chi connectivity index (χ2n) is 8.04. The van der Waals surface area contributed by atoms with E-state index in [-0.39, 0.29) is 18.6 Å². The molecule has 0 radical (unpaired) electrons. The lowest BCUT2D eigenvalue weighted by Gasteiger charge is -2.51. The summed E-state index contributed by atoms with van der Waals surface area (Å²) in [6.45, 7) is 0. The average Bonchev–Trinajstić information content (AvgIpc) is 2.76. The lowest BCUT2D eigenvalue weighted by molar-refractivity contribution is -0.163. The summed E-state index contributed by atoms with van der Waals surface area (Å²) in [7, 11) is 2.78. The van der Waals surface area contributed by atoms with E-state index in [0.29, 0.717) is 0 Å². The minimum Gasteiger partial charge on any atom is -0.300 e. The van der Waals surface area contributed by atoms with Crippen molar-refractivity contribution in [3.8, 4) is 0 Å². The number of benzene rings is 2. The van der Waals surface area contributed by atoms with Crippen molar-refractivity contribution < 1.29 is 19.2 Å². The summed E-state index contributed by atoms with van der Waals surface area (Å²) in [5.74, 6) is -2.51. The highest BCUT2D eigenvalue weighted by Gasteiger charge is 2.66. The first kappa shape index (κ1) is 21.9. The number of hydrogen-bond acceptors (Lipinski definition) is 4. The highest BCUT2D eigenvalue weighted by molar-refractivity contribution is 9.10. The molecule has 2 aromatic carbocycles. The predicted octanol–water partition coefficient (Wildman–Crippen LogP) is 4.48. The summed E-state index contributed by atoms with van der Waals surface area (Å²) >= 11 is 6.82. The van der Waals surface area contributed by atoms with E-state index in [0.717, 1.165) is 29.9 Å². The van der Waals surface area contributed by atoms with E-state index in [4.69, 9.17) is 0 Å². The van der Waals surface area contributed by atoms with Crippen molar-refractivity contribution in [2.45, 2.75) is 24.7 Å². The highest BCUT2D eigenvalue weighted by Crippen LogP contribution is 2.57. The van der Waals surface area contributed by atoms with Gasteiger partial charge in [0.2, 0.25) is 11.8 Å². The maximum atomic E-state index is 13.8. The van der Waals surface area contributed by atoms with Crippen molar-refractivity contribution in [1.82, 2.24) is 9.80 Å². The molecule has 1 spiro atoms. The van der Waals surface area contributed by atoms with Crippen molar-refractivity contribution in [2.24, 2.45) is 5.41 Å². The quantitative estimate of drug-likeness (QED) is 0.520. The minimum absolute atomic E-state index is 0.0192. The van der Waals surface area contributed by atoms with Crippen LogP contribution in [-0.4, -0.2) is 47.5 Å². The van der Waals surface area contributed by atoms with Crippen LogP contribution in [-0.2, 0) is 14.4 Å². The molecule has 2 fully saturated rings. The van der Waals surface area contributed by atoms with Crippen molar-refractivity contribution in [2.75, 3.05) is 14.1 Å². The SMILES string of the molecule is CN1C(=O)N(C)C(=O)C2(C1=O)[C@@H](c1ccc(Br)cc1)CC(=O)C[C@H]2c1ccc(Br)cc1. The molecule has 0 aromatic heterocycles. The summed E-state index contributed by atoms with van der Waals surface area (Å²) in [5, 5.41) is 0. The lowest BCUT2D eigenvalue weighted by Crippen LogP contribution is -2.68. The van der Waals surface area contributed by atoms with Crippen LogP contribution in [0.5, 0.6) is 0 Å². The number of rotatable bonds is 2. The van der Waals surface area contributed by atoms with E-state index in [9.17, 15) is 19.2 Å².